The van der Waals surface area contributed by atoms with Crippen molar-refractivity contribution in [3.8, 4) is 5.75 Å². The van der Waals surface area contributed by atoms with E-state index in [9.17, 15) is 5.11 Å². The molecule has 4 rings (SSSR count). The number of aromatic hydroxyl groups is 1. The maximum atomic E-state index is 10.2. The highest BCUT2D eigenvalue weighted by molar-refractivity contribution is 6.12. The summed E-state index contributed by atoms with van der Waals surface area (Å²) >= 11 is 0. The Morgan fingerprint density at radius 2 is 1.61 bits per heavy atom. The molecule has 1 heteroatoms. The summed E-state index contributed by atoms with van der Waals surface area (Å²) in [7, 11) is 0. The molecule has 1 N–H and O–H groups in total. The monoisotopic (exact) mass is 232 g/mol. The van der Waals surface area contributed by atoms with Gasteiger partial charge in [-0.3, -0.25) is 0 Å². The molecule has 1 aliphatic carbocycles. The third-order valence-electron chi connectivity index (χ3n) is 3.79. The van der Waals surface area contributed by atoms with Gasteiger partial charge in [-0.2, -0.15) is 0 Å². The molecule has 1 aliphatic rings. The van der Waals surface area contributed by atoms with E-state index in [1.807, 2.05) is 24.3 Å². The zero-order valence-electron chi connectivity index (χ0n) is 9.85. The van der Waals surface area contributed by atoms with Crippen LogP contribution >= 0.6 is 0 Å². The van der Waals surface area contributed by atoms with Crippen LogP contribution in [0.15, 0.2) is 48.5 Å². The Hall–Kier alpha value is -2.28. The molecular formula is C17H12O. The molecule has 0 aliphatic heterocycles. The molecule has 0 radical (unpaired) electrons. The Labute approximate surface area is 105 Å². The van der Waals surface area contributed by atoms with Crippen LogP contribution < -0.4 is 0 Å². The fraction of sp³-hybridized carbons (Fsp3) is 0.0588. The highest BCUT2D eigenvalue weighted by Crippen LogP contribution is 2.37. The van der Waals surface area contributed by atoms with Gasteiger partial charge in [0, 0.05) is 5.39 Å². The fourth-order valence-electron chi connectivity index (χ4n) is 2.92. The molecular weight excluding hydrogens is 220 g/mol. The number of fused-ring (bicyclic) bond motifs is 5. The summed E-state index contributed by atoms with van der Waals surface area (Å²) in [6.45, 7) is 0. The highest BCUT2D eigenvalue weighted by atomic mass is 16.3. The van der Waals surface area contributed by atoms with Crippen LogP contribution in [0.3, 0.4) is 0 Å². The van der Waals surface area contributed by atoms with Gasteiger partial charge < -0.3 is 5.11 Å². The lowest BCUT2D eigenvalue weighted by molar-refractivity contribution is 0.482. The zero-order valence-corrected chi connectivity index (χ0v) is 9.85. The number of phenols is 1. The second-order valence-electron chi connectivity index (χ2n) is 4.78. The lowest BCUT2D eigenvalue weighted by atomic mass is 9.95. The van der Waals surface area contributed by atoms with Crippen LogP contribution in [-0.4, -0.2) is 5.11 Å². The Morgan fingerprint density at radius 1 is 0.833 bits per heavy atom. The van der Waals surface area contributed by atoms with Gasteiger partial charge in [0.15, 0.2) is 0 Å². The molecule has 0 unspecified atom stereocenters. The molecule has 86 valence electrons. The van der Waals surface area contributed by atoms with Gasteiger partial charge in [-0.1, -0.05) is 48.6 Å². The van der Waals surface area contributed by atoms with E-state index in [0.717, 1.165) is 17.2 Å². The van der Waals surface area contributed by atoms with Crippen LogP contribution in [-0.2, 0) is 6.42 Å². The first kappa shape index (κ1) is 9.72. The second kappa shape index (κ2) is 3.36. The van der Waals surface area contributed by atoms with Crippen molar-refractivity contribution < 1.29 is 5.11 Å². The molecule has 1 nitrogen and oxygen atoms in total. The third-order valence-corrected chi connectivity index (χ3v) is 3.79. The Balaban J connectivity index is 2.26. The van der Waals surface area contributed by atoms with Crippen LogP contribution in [0, 0.1) is 0 Å². The standard InChI is InChI=1S/C17H12O/c18-17-10-16-12-7-3-4-11(12)8-9-14(16)13-5-1-2-6-15(13)17/h1-6,8-10,18H,7H2. The van der Waals surface area contributed by atoms with E-state index in [1.165, 1.54) is 21.9 Å². The van der Waals surface area contributed by atoms with E-state index in [4.69, 9.17) is 0 Å². The van der Waals surface area contributed by atoms with E-state index < -0.39 is 0 Å². The van der Waals surface area contributed by atoms with Gasteiger partial charge in [-0.25, -0.2) is 0 Å². The Bertz CT molecular complexity index is 813. The summed E-state index contributed by atoms with van der Waals surface area (Å²) in [5.41, 5.74) is 2.60. The minimum Gasteiger partial charge on any atom is -0.507 e. The van der Waals surface area contributed by atoms with Crippen molar-refractivity contribution in [1.29, 1.82) is 0 Å². The van der Waals surface area contributed by atoms with Crippen LogP contribution in [0.5, 0.6) is 5.75 Å². The molecule has 0 aromatic heterocycles. The van der Waals surface area contributed by atoms with E-state index >= 15 is 0 Å². The van der Waals surface area contributed by atoms with Gasteiger partial charge in [0.25, 0.3) is 0 Å². The molecule has 0 bridgehead atoms. The maximum absolute atomic E-state index is 10.2. The van der Waals surface area contributed by atoms with Crippen molar-refractivity contribution in [2.24, 2.45) is 0 Å². The molecule has 0 atom stereocenters. The lowest BCUT2D eigenvalue weighted by Crippen LogP contribution is -1.87. The average molecular weight is 232 g/mol. The second-order valence-corrected chi connectivity index (χ2v) is 4.78. The summed E-state index contributed by atoms with van der Waals surface area (Å²) in [4.78, 5) is 0. The first-order chi connectivity index (χ1) is 8.84. The molecule has 0 heterocycles. The van der Waals surface area contributed by atoms with Crippen molar-refractivity contribution >= 4 is 27.6 Å². The van der Waals surface area contributed by atoms with E-state index in [2.05, 4.69) is 30.4 Å². The van der Waals surface area contributed by atoms with Gasteiger partial charge >= 0.3 is 0 Å². The SMILES string of the molecule is Oc1cc2c3c(ccc2c2ccccc12)C=CC3. The van der Waals surface area contributed by atoms with Crippen molar-refractivity contribution in [3.63, 3.8) is 0 Å². The largest absolute Gasteiger partial charge is 0.507 e. The third kappa shape index (κ3) is 1.16. The zero-order chi connectivity index (χ0) is 12.1. The predicted molar refractivity (Wildman–Crippen MR) is 75.9 cm³/mol. The molecule has 3 aromatic carbocycles. The minimum atomic E-state index is 0.374. The van der Waals surface area contributed by atoms with Crippen molar-refractivity contribution in [2.75, 3.05) is 0 Å². The number of phenolic OH excluding ortho intramolecular Hbond substituents is 1. The van der Waals surface area contributed by atoms with Crippen LogP contribution in [0.25, 0.3) is 27.6 Å². The first-order valence-corrected chi connectivity index (χ1v) is 6.17. The average Bonchev–Trinajstić information content (AvgIpc) is 2.88. The smallest absolute Gasteiger partial charge is 0.124 e. The van der Waals surface area contributed by atoms with Crippen molar-refractivity contribution in [2.45, 2.75) is 6.42 Å². The van der Waals surface area contributed by atoms with Gasteiger partial charge in [-0.15, -0.1) is 0 Å². The normalized spacial score (nSPS) is 13.3. The van der Waals surface area contributed by atoms with Crippen molar-refractivity contribution in [3.05, 3.63) is 59.7 Å². The lowest BCUT2D eigenvalue weighted by Gasteiger charge is -2.10. The van der Waals surface area contributed by atoms with Gasteiger partial charge in [0.05, 0.1) is 0 Å². The highest BCUT2D eigenvalue weighted by Gasteiger charge is 2.12. The first-order valence-electron chi connectivity index (χ1n) is 6.17. The molecule has 0 saturated heterocycles. The number of benzene rings is 3. The maximum Gasteiger partial charge on any atom is 0.124 e. The van der Waals surface area contributed by atoms with Crippen LogP contribution in [0.4, 0.5) is 0 Å². The predicted octanol–water partition coefficient (Wildman–Crippen LogP) is 4.27. The molecule has 3 aromatic rings. The van der Waals surface area contributed by atoms with Crippen molar-refractivity contribution in [1.82, 2.24) is 0 Å². The van der Waals surface area contributed by atoms with Crippen LogP contribution in [0.2, 0.25) is 0 Å². The van der Waals surface area contributed by atoms with Gasteiger partial charge in [-0.05, 0) is 39.8 Å². The number of hydrogen-bond donors (Lipinski definition) is 1. The summed E-state index contributed by atoms with van der Waals surface area (Å²) in [5.74, 6) is 0.374. The summed E-state index contributed by atoms with van der Waals surface area (Å²) in [6, 6.07) is 14.3. The number of allylic oxidation sites excluding steroid dienone is 1. The fourth-order valence-corrected chi connectivity index (χ4v) is 2.92. The quantitative estimate of drug-likeness (QED) is 0.574. The Kier molecular flexibility index (Phi) is 1.81. The molecule has 0 amide bonds. The summed E-state index contributed by atoms with van der Waals surface area (Å²) in [5, 5.41) is 14.6. The van der Waals surface area contributed by atoms with Gasteiger partial charge in [0.2, 0.25) is 0 Å². The minimum absolute atomic E-state index is 0.374. The van der Waals surface area contributed by atoms with E-state index in [1.54, 1.807) is 0 Å². The molecule has 0 spiro atoms. The van der Waals surface area contributed by atoms with Gasteiger partial charge in [0.1, 0.15) is 5.75 Å². The number of rotatable bonds is 0. The summed E-state index contributed by atoms with van der Waals surface area (Å²) < 4.78 is 0. The van der Waals surface area contributed by atoms with E-state index in [-0.39, 0.29) is 0 Å². The Morgan fingerprint density at radius 3 is 2.50 bits per heavy atom. The molecule has 18 heavy (non-hydrogen) atoms. The van der Waals surface area contributed by atoms with E-state index in [0.29, 0.717) is 5.75 Å². The van der Waals surface area contributed by atoms with Crippen LogP contribution in [0.1, 0.15) is 11.1 Å². The number of hydrogen-bond acceptors (Lipinski definition) is 1. The summed E-state index contributed by atoms with van der Waals surface area (Å²) in [6.07, 6.45) is 5.29. The molecule has 0 fully saturated rings. The molecule has 0 saturated carbocycles. The topological polar surface area (TPSA) is 20.2 Å².